The Hall–Kier alpha value is -4.89. The molecule has 0 saturated carbocycles. The molecule has 0 radical (unpaired) electrons. The van der Waals surface area contributed by atoms with Crippen LogP contribution >= 0.6 is 11.8 Å². The first-order valence-corrected chi connectivity index (χ1v) is 15.1. The Kier molecular flexibility index (Phi) is 9.86. The van der Waals surface area contributed by atoms with Crippen LogP contribution in [-0.2, 0) is 16.9 Å². The number of esters is 1. The number of benzene rings is 4. The average Bonchev–Trinajstić information content (AvgIpc) is 3.45. The molecule has 0 saturated heterocycles. The van der Waals surface area contributed by atoms with Crippen LogP contribution in [0, 0.1) is 6.92 Å². The zero-order chi connectivity index (χ0) is 30.0. The number of rotatable bonds is 11. The van der Waals surface area contributed by atoms with Crippen molar-refractivity contribution in [3.05, 3.63) is 137 Å². The summed E-state index contributed by atoms with van der Waals surface area (Å²) in [5.74, 6) is 0.943. The van der Waals surface area contributed by atoms with Gasteiger partial charge in [-0.3, -0.25) is 4.57 Å². The molecule has 8 nitrogen and oxygen atoms in total. The van der Waals surface area contributed by atoms with E-state index in [1.807, 2.05) is 72.2 Å². The van der Waals surface area contributed by atoms with Gasteiger partial charge in [0.15, 0.2) is 11.0 Å². The van der Waals surface area contributed by atoms with Gasteiger partial charge in [0.05, 0.1) is 18.2 Å². The number of carbonyl (C=O) groups excluding carboxylic acids is 2. The maximum atomic E-state index is 13.3. The van der Waals surface area contributed by atoms with Crippen LogP contribution < -0.4 is 10.6 Å². The molecule has 4 aromatic carbocycles. The molecule has 0 fully saturated rings. The fraction of sp³-hybridized carbons (Fsp3) is 0.176. The summed E-state index contributed by atoms with van der Waals surface area (Å²) in [6, 6.07) is 34.1. The third-order valence-corrected chi connectivity index (χ3v) is 7.71. The number of thioether (sulfide) groups is 1. The fourth-order valence-corrected chi connectivity index (χ4v) is 5.46. The van der Waals surface area contributed by atoms with Gasteiger partial charge < -0.3 is 15.4 Å². The molecule has 9 heteroatoms. The number of anilines is 1. The van der Waals surface area contributed by atoms with Crippen LogP contribution in [0.3, 0.4) is 0 Å². The highest BCUT2D eigenvalue weighted by atomic mass is 32.2. The molecule has 0 aliphatic heterocycles. The van der Waals surface area contributed by atoms with Crippen molar-refractivity contribution in [2.75, 3.05) is 11.9 Å². The molecule has 2 amide bonds. The van der Waals surface area contributed by atoms with Crippen LogP contribution in [0.1, 0.15) is 45.8 Å². The number of urea groups is 1. The number of hydrogen-bond acceptors (Lipinski definition) is 6. The van der Waals surface area contributed by atoms with Gasteiger partial charge in [-0.1, -0.05) is 90.1 Å². The van der Waals surface area contributed by atoms with E-state index in [0.717, 1.165) is 27.7 Å². The van der Waals surface area contributed by atoms with Crippen LogP contribution in [0.15, 0.2) is 114 Å². The first-order valence-electron chi connectivity index (χ1n) is 14.1. The predicted molar refractivity (Wildman–Crippen MR) is 170 cm³/mol. The highest BCUT2D eigenvalue weighted by Crippen LogP contribution is 2.29. The summed E-state index contributed by atoms with van der Waals surface area (Å²) in [5, 5.41) is 16.0. The lowest BCUT2D eigenvalue weighted by molar-refractivity contribution is 0.0526. The molecule has 0 bridgehead atoms. The number of ether oxygens (including phenoxy) is 1. The molecule has 218 valence electrons. The second kappa shape index (κ2) is 14.3. The summed E-state index contributed by atoms with van der Waals surface area (Å²) in [6.45, 7) is 4.10. The molecule has 0 aliphatic rings. The Morgan fingerprint density at radius 2 is 1.49 bits per heavy atom. The van der Waals surface area contributed by atoms with E-state index in [2.05, 4.69) is 45.1 Å². The van der Waals surface area contributed by atoms with Crippen LogP contribution in [0.4, 0.5) is 10.5 Å². The van der Waals surface area contributed by atoms with E-state index in [1.54, 1.807) is 43.0 Å². The average molecular weight is 592 g/mol. The highest BCUT2D eigenvalue weighted by Gasteiger charge is 2.25. The lowest BCUT2D eigenvalue weighted by Crippen LogP contribution is -2.35. The Labute approximate surface area is 255 Å². The topological polar surface area (TPSA) is 98.1 Å². The van der Waals surface area contributed by atoms with Gasteiger partial charge in [-0.15, -0.1) is 10.2 Å². The Balaban J connectivity index is 1.44. The second-order valence-corrected chi connectivity index (χ2v) is 10.9. The van der Waals surface area contributed by atoms with E-state index in [4.69, 9.17) is 4.74 Å². The molecule has 5 aromatic rings. The van der Waals surface area contributed by atoms with E-state index in [9.17, 15) is 9.59 Å². The van der Waals surface area contributed by atoms with Crippen molar-refractivity contribution >= 4 is 29.4 Å². The maximum absolute atomic E-state index is 13.3. The monoisotopic (exact) mass is 591 g/mol. The highest BCUT2D eigenvalue weighted by molar-refractivity contribution is 7.98. The molecule has 1 atom stereocenters. The molecule has 43 heavy (non-hydrogen) atoms. The molecule has 2 N–H and O–H groups in total. The van der Waals surface area contributed by atoms with Crippen LogP contribution in [0.5, 0.6) is 0 Å². The normalized spacial score (nSPS) is 11.5. The van der Waals surface area contributed by atoms with Gasteiger partial charge in [-0.2, -0.15) is 0 Å². The van der Waals surface area contributed by atoms with Crippen molar-refractivity contribution < 1.29 is 14.3 Å². The van der Waals surface area contributed by atoms with Gasteiger partial charge in [0.1, 0.15) is 0 Å². The predicted octanol–water partition coefficient (Wildman–Crippen LogP) is 7.15. The summed E-state index contributed by atoms with van der Waals surface area (Å²) in [7, 11) is 0. The van der Waals surface area contributed by atoms with Gasteiger partial charge >= 0.3 is 12.0 Å². The number of nitrogens with zero attached hydrogens (tertiary/aromatic N) is 3. The summed E-state index contributed by atoms with van der Waals surface area (Å²) in [5.41, 5.74) is 5.24. The van der Waals surface area contributed by atoms with E-state index in [0.29, 0.717) is 30.1 Å². The zero-order valence-corrected chi connectivity index (χ0v) is 24.9. The van der Waals surface area contributed by atoms with E-state index in [-0.39, 0.29) is 0 Å². The first-order chi connectivity index (χ1) is 21.0. The standard InChI is InChI=1S/C34H33N5O3S/c1-3-42-32(40)27-16-18-28(19-17-27)35-33(41)36-30(22-25-10-6-4-7-11-25)31-37-38-34(43-23-26-12-8-5-9-13-26)39(31)29-20-14-24(2)15-21-29/h4-21,30H,3,22-23H2,1-2H3,(H2,35,36,41)/t30-/m0/s1. The number of aryl methyl sites for hydroxylation is 1. The molecule has 0 unspecified atom stereocenters. The Bertz CT molecular complexity index is 1640. The van der Waals surface area contributed by atoms with Crippen molar-refractivity contribution in [1.29, 1.82) is 0 Å². The largest absolute Gasteiger partial charge is 0.462 e. The number of nitrogens with one attached hydrogen (secondary N) is 2. The van der Waals surface area contributed by atoms with Gasteiger partial charge in [-0.05, 0) is 61.4 Å². The zero-order valence-electron chi connectivity index (χ0n) is 24.1. The lowest BCUT2D eigenvalue weighted by Gasteiger charge is -2.21. The number of carbonyl (C=O) groups is 2. The van der Waals surface area contributed by atoms with E-state index < -0.39 is 18.0 Å². The SMILES string of the molecule is CCOC(=O)c1ccc(NC(=O)N[C@@H](Cc2ccccc2)c2nnc(SCc3ccccc3)n2-c2ccc(C)cc2)cc1. The lowest BCUT2D eigenvalue weighted by atomic mass is 10.1. The molecular formula is C34H33N5O3S. The molecule has 0 spiro atoms. The molecule has 5 rings (SSSR count). The molecule has 1 heterocycles. The smallest absolute Gasteiger partial charge is 0.338 e. The van der Waals surface area contributed by atoms with Gasteiger partial charge in [-0.25, -0.2) is 9.59 Å². The van der Waals surface area contributed by atoms with Crippen molar-refractivity contribution in [2.24, 2.45) is 0 Å². The van der Waals surface area contributed by atoms with E-state index >= 15 is 0 Å². The summed E-state index contributed by atoms with van der Waals surface area (Å²) in [4.78, 5) is 25.4. The Morgan fingerprint density at radius 1 is 0.837 bits per heavy atom. The fourth-order valence-electron chi connectivity index (χ4n) is 4.55. The summed E-state index contributed by atoms with van der Waals surface area (Å²) in [6.07, 6.45) is 0.503. The third kappa shape index (κ3) is 7.90. The molecule has 1 aromatic heterocycles. The van der Waals surface area contributed by atoms with Crippen molar-refractivity contribution in [3.63, 3.8) is 0 Å². The Morgan fingerprint density at radius 3 is 2.14 bits per heavy atom. The van der Waals surface area contributed by atoms with Crippen molar-refractivity contribution in [3.8, 4) is 5.69 Å². The molecule has 0 aliphatic carbocycles. The number of aromatic nitrogens is 3. The van der Waals surface area contributed by atoms with Crippen molar-refractivity contribution in [2.45, 2.75) is 37.2 Å². The number of hydrogen-bond donors (Lipinski definition) is 2. The summed E-state index contributed by atoms with van der Waals surface area (Å²) < 4.78 is 7.07. The minimum Gasteiger partial charge on any atom is -0.462 e. The molecular weight excluding hydrogens is 558 g/mol. The maximum Gasteiger partial charge on any atom is 0.338 e. The van der Waals surface area contributed by atoms with E-state index in [1.165, 1.54) is 5.56 Å². The third-order valence-electron chi connectivity index (χ3n) is 6.71. The van der Waals surface area contributed by atoms with Gasteiger partial charge in [0.25, 0.3) is 0 Å². The van der Waals surface area contributed by atoms with Gasteiger partial charge in [0, 0.05) is 23.5 Å². The minimum atomic E-state index is -0.499. The summed E-state index contributed by atoms with van der Waals surface area (Å²) >= 11 is 1.60. The minimum absolute atomic E-state index is 0.295. The van der Waals surface area contributed by atoms with Gasteiger partial charge in [0.2, 0.25) is 0 Å². The number of amides is 2. The van der Waals surface area contributed by atoms with Crippen LogP contribution in [0.2, 0.25) is 0 Å². The van der Waals surface area contributed by atoms with Crippen molar-refractivity contribution in [1.82, 2.24) is 20.1 Å². The van der Waals surface area contributed by atoms with Crippen LogP contribution in [0.25, 0.3) is 5.69 Å². The quantitative estimate of drug-likeness (QED) is 0.125. The van der Waals surface area contributed by atoms with Crippen LogP contribution in [-0.4, -0.2) is 33.4 Å². The first kappa shape index (κ1) is 29.6. The second-order valence-electron chi connectivity index (χ2n) is 9.92.